The van der Waals surface area contributed by atoms with Crippen molar-refractivity contribution in [2.75, 3.05) is 5.32 Å². The van der Waals surface area contributed by atoms with E-state index >= 15 is 0 Å². The zero-order valence-corrected chi connectivity index (χ0v) is 13.3. The third kappa shape index (κ3) is 3.88. The molecule has 7 heteroatoms. The van der Waals surface area contributed by atoms with E-state index in [9.17, 15) is 18.0 Å². The topological polar surface area (TPSA) is 29.1 Å². The van der Waals surface area contributed by atoms with Crippen LogP contribution >= 0.6 is 34.2 Å². The maximum Gasteiger partial charge on any atom is 0.418 e. The van der Waals surface area contributed by atoms with E-state index < -0.39 is 23.3 Å². The van der Waals surface area contributed by atoms with Gasteiger partial charge in [0.05, 0.1) is 16.3 Å². The minimum Gasteiger partial charge on any atom is -0.320 e. The number of carbonyl (C=O) groups excluding carboxylic acids is 1. The molecule has 0 saturated carbocycles. The van der Waals surface area contributed by atoms with Crippen LogP contribution in [0.4, 0.5) is 18.9 Å². The van der Waals surface area contributed by atoms with E-state index in [1.54, 1.807) is 18.2 Å². The van der Waals surface area contributed by atoms with Crippen LogP contribution in [0.5, 0.6) is 0 Å². The lowest BCUT2D eigenvalue weighted by Gasteiger charge is -2.15. The molecule has 0 saturated heterocycles. The molecule has 0 atom stereocenters. The Morgan fingerprint density at radius 1 is 1.14 bits per heavy atom. The van der Waals surface area contributed by atoms with Crippen LogP contribution in [0.2, 0.25) is 5.02 Å². The number of hydrogen-bond donors (Lipinski definition) is 1. The van der Waals surface area contributed by atoms with E-state index in [1.807, 2.05) is 22.6 Å². The Hall–Kier alpha value is -1.28. The summed E-state index contributed by atoms with van der Waals surface area (Å²) in [5, 5.41) is 2.07. The molecule has 110 valence electrons. The maximum atomic E-state index is 12.9. The van der Waals surface area contributed by atoms with Crippen molar-refractivity contribution >= 4 is 45.8 Å². The summed E-state index contributed by atoms with van der Waals surface area (Å²) in [5.74, 6) is -0.646. The summed E-state index contributed by atoms with van der Waals surface area (Å²) >= 11 is 7.79. The lowest BCUT2D eigenvalue weighted by Crippen LogP contribution is -2.17. The zero-order valence-electron chi connectivity index (χ0n) is 10.3. The summed E-state index contributed by atoms with van der Waals surface area (Å²) in [5.41, 5.74) is -1.15. The third-order valence-electron chi connectivity index (χ3n) is 2.64. The average Bonchev–Trinajstić information content (AvgIpc) is 2.39. The van der Waals surface area contributed by atoms with Crippen molar-refractivity contribution in [2.45, 2.75) is 6.18 Å². The normalized spacial score (nSPS) is 11.3. The number of halogens is 5. The highest BCUT2D eigenvalue weighted by atomic mass is 127. The van der Waals surface area contributed by atoms with Gasteiger partial charge < -0.3 is 5.32 Å². The molecule has 2 rings (SSSR count). The fourth-order valence-corrected chi connectivity index (χ4v) is 2.47. The summed E-state index contributed by atoms with van der Waals surface area (Å²) in [4.78, 5) is 12.1. The second-order valence-corrected chi connectivity index (χ2v) is 5.78. The van der Waals surface area contributed by atoms with E-state index in [1.165, 1.54) is 18.2 Å². The second kappa shape index (κ2) is 6.23. The van der Waals surface area contributed by atoms with Gasteiger partial charge in [-0.05, 0) is 52.9 Å². The SMILES string of the molecule is O=C(Nc1c(Cl)cccc1C(F)(F)F)c1cccc(I)c1. The van der Waals surface area contributed by atoms with Crippen molar-refractivity contribution in [2.24, 2.45) is 0 Å². The zero-order chi connectivity index (χ0) is 15.6. The first kappa shape index (κ1) is 16.1. The smallest absolute Gasteiger partial charge is 0.320 e. The minimum atomic E-state index is -4.60. The van der Waals surface area contributed by atoms with Gasteiger partial charge in [-0.1, -0.05) is 23.7 Å². The first-order valence-electron chi connectivity index (χ1n) is 5.71. The molecule has 0 aliphatic heterocycles. The van der Waals surface area contributed by atoms with Gasteiger partial charge in [0.1, 0.15) is 0 Å². The molecule has 0 aliphatic rings. The van der Waals surface area contributed by atoms with Gasteiger partial charge in [-0.15, -0.1) is 0 Å². The molecular weight excluding hydrogens is 418 g/mol. The monoisotopic (exact) mass is 425 g/mol. The van der Waals surface area contributed by atoms with Crippen molar-refractivity contribution in [3.63, 3.8) is 0 Å². The molecule has 0 radical (unpaired) electrons. The van der Waals surface area contributed by atoms with E-state index in [0.717, 1.165) is 9.64 Å². The molecule has 0 spiro atoms. The Kier molecular flexibility index (Phi) is 4.77. The van der Waals surface area contributed by atoms with Gasteiger partial charge in [-0.25, -0.2) is 0 Å². The highest BCUT2D eigenvalue weighted by Crippen LogP contribution is 2.38. The molecular formula is C14H8ClF3INO. The van der Waals surface area contributed by atoms with E-state index in [4.69, 9.17) is 11.6 Å². The van der Waals surface area contributed by atoms with Crippen LogP contribution in [0, 0.1) is 3.57 Å². The predicted octanol–water partition coefficient (Wildman–Crippen LogP) is 5.22. The van der Waals surface area contributed by atoms with E-state index in [0.29, 0.717) is 0 Å². The van der Waals surface area contributed by atoms with Crippen molar-refractivity contribution in [1.29, 1.82) is 0 Å². The lowest BCUT2D eigenvalue weighted by molar-refractivity contribution is -0.136. The van der Waals surface area contributed by atoms with Gasteiger partial charge in [0.2, 0.25) is 0 Å². The highest BCUT2D eigenvalue weighted by Gasteiger charge is 2.34. The van der Waals surface area contributed by atoms with Crippen molar-refractivity contribution < 1.29 is 18.0 Å². The van der Waals surface area contributed by atoms with Crippen LogP contribution in [-0.4, -0.2) is 5.91 Å². The third-order valence-corrected chi connectivity index (χ3v) is 3.63. The molecule has 1 N–H and O–H groups in total. The Bertz CT molecular complexity index is 688. The van der Waals surface area contributed by atoms with Crippen LogP contribution in [-0.2, 0) is 6.18 Å². The van der Waals surface area contributed by atoms with Crippen molar-refractivity contribution in [3.05, 3.63) is 62.2 Å². The molecule has 0 unspecified atom stereocenters. The van der Waals surface area contributed by atoms with Crippen LogP contribution in [0.1, 0.15) is 15.9 Å². The van der Waals surface area contributed by atoms with E-state index in [-0.39, 0.29) is 10.6 Å². The lowest BCUT2D eigenvalue weighted by atomic mass is 10.1. The molecule has 2 nitrogen and oxygen atoms in total. The number of anilines is 1. The fourth-order valence-electron chi connectivity index (χ4n) is 1.70. The molecule has 1 amide bonds. The first-order valence-corrected chi connectivity index (χ1v) is 7.17. The number of alkyl halides is 3. The first-order chi connectivity index (χ1) is 9.79. The van der Waals surface area contributed by atoms with Gasteiger partial charge >= 0.3 is 6.18 Å². The largest absolute Gasteiger partial charge is 0.418 e. The number of hydrogen-bond acceptors (Lipinski definition) is 1. The van der Waals surface area contributed by atoms with Gasteiger partial charge in [0.25, 0.3) is 5.91 Å². The number of carbonyl (C=O) groups is 1. The molecule has 0 aromatic heterocycles. The molecule has 0 heterocycles. The maximum absolute atomic E-state index is 12.9. The van der Waals surface area contributed by atoms with Crippen LogP contribution in [0.3, 0.4) is 0 Å². The van der Waals surface area contributed by atoms with Crippen molar-refractivity contribution in [3.8, 4) is 0 Å². The van der Waals surface area contributed by atoms with Crippen LogP contribution in [0.15, 0.2) is 42.5 Å². The summed E-state index contributed by atoms with van der Waals surface area (Å²) < 4.78 is 39.6. The molecule has 0 fully saturated rings. The standard InChI is InChI=1S/C14H8ClF3INO/c15-11-6-2-5-10(14(16,17)18)12(11)20-13(21)8-3-1-4-9(19)7-8/h1-7H,(H,20,21). The Morgan fingerprint density at radius 3 is 2.43 bits per heavy atom. The average molecular weight is 426 g/mol. The van der Waals surface area contributed by atoms with Gasteiger partial charge in [-0.3, -0.25) is 4.79 Å². The molecule has 0 aliphatic carbocycles. The Balaban J connectivity index is 2.38. The quantitative estimate of drug-likeness (QED) is 0.657. The molecule has 2 aromatic rings. The van der Waals surface area contributed by atoms with Crippen LogP contribution < -0.4 is 5.32 Å². The van der Waals surface area contributed by atoms with Gasteiger partial charge in [-0.2, -0.15) is 13.2 Å². The van der Waals surface area contributed by atoms with Gasteiger partial charge in [0.15, 0.2) is 0 Å². The van der Waals surface area contributed by atoms with Gasteiger partial charge in [0, 0.05) is 9.13 Å². The number of benzene rings is 2. The second-order valence-electron chi connectivity index (χ2n) is 4.12. The number of para-hydroxylation sites is 1. The summed E-state index contributed by atoms with van der Waals surface area (Å²) in [6, 6.07) is 9.85. The predicted molar refractivity (Wildman–Crippen MR) is 83.6 cm³/mol. The molecule has 0 bridgehead atoms. The van der Waals surface area contributed by atoms with Crippen LogP contribution in [0.25, 0.3) is 0 Å². The fraction of sp³-hybridized carbons (Fsp3) is 0.0714. The summed E-state index contributed by atoms with van der Waals surface area (Å²) in [6.07, 6.45) is -4.60. The molecule has 2 aromatic carbocycles. The summed E-state index contributed by atoms with van der Waals surface area (Å²) in [7, 11) is 0. The Labute approximate surface area is 137 Å². The minimum absolute atomic E-state index is 0.163. The molecule has 21 heavy (non-hydrogen) atoms. The number of amides is 1. The number of nitrogens with one attached hydrogen (secondary N) is 1. The number of rotatable bonds is 2. The van der Waals surface area contributed by atoms with Crippen molar-refractivity contribution in [1.82, 2.24) is 0 Å². The highest BCUT2D eigenvalue weighted by molar-refractivity contribution is 14.1. The summed E-state index contributed by atoms with van der Waals surface area (Å²) in [6.45, 7) is 0. The Morgan fingerprint density at radius 2 is 1.81 bits per heavy atom. The van der Waals surface area contributed by atoms with E-state index in [2.05, 4.69) is 5.32 Å².